The van der Waals surface area contributed by atoms with Crippen LogP contribution in [-0.4, -0.2) is 23.0 Å². The first-order valence-electron chi connectivity index (χ1n) is 7.89. The lowest BCUT2D eigenvalue weighted by Gasteiger charge is -2.07. The summed E-state index contributed by atoms with van der Waals surface area (Å²) in [6.07, 6.45) is 0.864. The zero-order chi connectivity index (χ0) is 20.0. The van der Waals surface area contributed by atoms with Crippen LogP contribution in [0.2, 0.25) is 0 Å². The van der Waals surface area contributed by atoms with Crippen molar-refractivity contribution in [3.63, 3.8) is 0 Å². The number of hydrogen-bond acceptors (Lipinski definition) is 5. The third kappa shape index (κ3) is 6.00. The van der Waals surface area contributed by atoms with E-state index in [9.17, 15) is 19.7 Å². The second kappa shape index (κ2) is 9.04. The average molecular weight is 433 g/mol. The van der Waals surface area contributed by atoms with E-state index in [0.29, 0.717) is 15.7 Å². The maximum absolute atomic E-state index is 11.9. The number of benzene rings is 2. The Morgan fingerprint density at radius 1 is 1.15 bits per heavy atom. The highest BCUT2D eigenvalue weighted by atomic mass is 79.9. The van der Waals surface area contributed by atoms with Gasteiger partial charge in [-0.3, -0.25) is 19.7 Å². The lowest BCUT2D eigenvalue weighted by molar-refractivity contribution is -0.385. The number of rotatable bonds is 6. The van der Waals surface area contributed by atoms with Crippen LogP contribution >= 0.6 is 15.9 Å². The number of carbonyl (C=O) groups excluding carboxylic acids is 2. The molecule has 0 fully saturated rings. The monoisotopic (exact) mass is 432 g/mol. The van der Waals surface area contributed by atoms with Crippen LogP contribution in [0.3, 0.4) is 0 Å². The van der Waals surface area contributed by atoms with Crippen molar-refractivity contribution in [1.82, 2.24) is 5.43 Å². The van der Waals surface area contributed by atoms with Crippen LogP contribution in [0.5, 0.6) is 0 Å². The summed E-state index contributed by atoms with van der Waals surface area (Å²) in [5, 5.41) is 17.2. The number of nitrogens with zero attached hydrogens (tertiary/aromatic N) is 2. The molecule has 140 valence electrons. The third-order valence-corrected chi connectivity index (χ3v) is 4.35. The molecule has 0 atom stereocenters. The van der Waals surface area contributed by atoms with E-state index < -0.39 is 23.2 Å². The first-order valence-corrected chi connectivity index (χ1v) is 8.68. The van der Waals surface area contributed by atoms with Crippen molar-refractivity contribution >= 4 is 45.3 Å². The Morgan fingerprint density at radius 2 is 1.89 bits per heavy atom. The molecule has 0 unspecified atom stereocenters. The Hall–Kier alpha value is -3.07. The molecule has 0 radical (unpaired) electrons. The highest BCUT2D eigenvalue weighted by molar-refractivity contribution is 9.10. The van der Waals surface area contributed by atoms with Crippen LogP contribution < -0.4 is 10.7 Å². The summed E-state index contributed by atoms with van der Waals surface area (Å²) in [5.74, 6) is -1.07. The normalized spacial score (nSPS) is 10.6. The molecule has 0 heterocycles. The Bertz CT molecular complexity index is 928. The predicted octanol–water partition coefficient (Wildman–Crippen LogP) is 3.45. The zero-order valence-corrected chi connectivity index (χ0v) is 16.2. The predicted molar refractivity (Wildman–Crippen MR) is 106 cm³/mol. The molecule has 0 aliphatic rings. The molecule has 0 aliphatic heterocycles. The van der Waals surface area contributed by atoms with Crippen molar-refractivity contribution in [3.05, 3.63) is 67.7 Å². The maximum atomic E-state index is 11.9. The molecular formula is C18H17BrN4O4. The smallest absolute Gasteiger partial charge is 0.284 e. The number of nitrogens with one attached hydrogen (secondary N) is 2. The number of anilines is 1. The number of amides is 2. The first kappa shape index (κ1) is 20.2. The minimum Gasteiger partial charge on any atom is -0.326 e. The van der Waals surface area contributed by atoms with Gasteiger partial charge in [0, 0.05) is 17.3 Å². The molecule has 0 aliphatic carbocycles. The molecule has 0 bridgehead atoms. The molecule has 8 nitrogen and oxygen atoms in total. The van der Waals surface area contributed by atoms with E-state index in [0.717, 1.165) is 11.1 Å². The fourth-order valence-corrected chi connectivity index (χ4v) is 2.53. The highest BCUT2D eigenvalue weighted by Gasteiger charge is 2.12. The Balaban J connectivity index is 1.89. The fourth-order valence-electron chi connectivity index (χ4n) is 2.14. The number of nitro benzene ring substituents is 1. The van der Waals surface area contributed by atoms with Crippen LogP contribution in [0.4, 0.5) is 11.4 Å². The number of carbonyl (C=O) groups is 2. The van der Waals surface area contributed by atoms with Gasteiger partial charge in [0.2, 0.25) is 11.8 Å². The summed E-state index contributed by atoms with van der Waals surface area (Å²) >= 11 is 3.08. The number of halogens is 1. The van der Waals surface area contributed by atoms with Gasteiger partial charge in [0.1, 0.15) is 6.42 Å². The topological polar surface area (TPSA) is 114 Å². The van der Waals surface area contributed by atoms with Gasteiger partial charge in [0.05, 0.1) is 15.6 Å². The van der Waals surface area contributed by atoms with Crippen molar-refractivity contribution in [1.29, 1.82) is 0 Å². The van der Waals surface area contributed by atoms with Gasteiger partial charge in [-0.15, -0.1) is 0 Å². The second-order valence-electron chi connectivity index (χ2n) is 5.79. The first-order chi connectivity index (χ1) is 12.8. The minimum absolute atomic E-state index is 0.113. The molecule has 2 amide bonds. The van der Waals surface area contributed by atoms with Gasteiger partial charge >= 0.3 is 0 Å². The van der Waals surface area contributed by atoms with Gasteiger partial charge in [-0.2, -0.15) is 5.10 Å². The van der Waals surface area contributed by atoms with Gasteiger partial charge < -0.3 is 5.32 Å². The van der Waals surface area contributed by atoms with Crippen LogP contribution in [0.1, 0.15) is 23.1 Å². The SMILES string of the molecule is Cc1ccc(NC(=O)CC(=O)NN=Cc2ccc(Br)c([N+](=O)[O-])c2)cc1C. The van der Waals surface area contributed by atoms with E-state index >= 15 is 0 Å². The number of nitro groups is 1. The summed E-state index contributed by atoms with van der Waals surface area (Å²) in [5.41, 5.74) is 5.29. The van der Waals surface area contributed by atoms with Crippen molar-refractivity contribution in [3.8, 4) is 0 Å². The second-order valence-corrected chi connectivity index (χ2v) is 6.64. The molecule has 27 heavy (non-hydrogen) atoms. The van der Waals surface area contributed by atoms with E-state index in [2.05, 4.69) is 31.8 Å². The maximum Gasteiger partial charge on any atom is 0.284 e. The van der Waals surface area contributed by atoms with Crippen LogP contribution in [0, 0.1) is 24.0 Å². The van der Waals surface area contributed by atoms with Gasteiger partial charge in [-0.25, -0.2) is 5.43 Å². The summed E-state index contributed by atoms with van der Waals surface area (Å²) in [6, 6.07) is 9.89. The quantitative estimate of drug-likeness (QED) is 0.314. The summed E-state index contributed by atoms with van der Waals surface area (Å²) < 4.78 is 0.344. The lowest BCUT2D eigenvalue weighted by Crippen LogP contribution is -2.24. The fraction of sp³-hybridized carbons (Fsp3) is 0.167. The van der Waals surface area contributed by atoms with Crippen molar-refractivity contribution < 1.29 is 14.5 Å². The summed E-state index contributed by atoms with van der Waals surface area (Å²) in [4.78, 5) is 34.0. The molecule has 2 aromatic rings. The van der Waals surface area contributed by atoms with Crippen LogP contribution in [-0.2, 0) is 9.59 Å². The van der Waals surface area contributed by atoms with Crippen molar-refractivity contribution in [2.45, 2.75) is 20.3 Å². The van der Waals surface area contributed by atoms with Gasteiger partial charge in [-0.1, -0.05) is 12.1 Å². The van der Waals surface area contributed by atoms with Gasteiger partial charge in [0.15, 0.2) is 0 Å². The molecule has 0 saturated heterocycles. The Labute approximate surface area is 163 Å². The highest BCUT2D eigenvalue weighted by Crippen LogP contribution is 2.24. The molecule has 0 saturated carbocycles. The van der Waals surface area contributed by atoms with E-state index in [1.807, 2.05) is 26.0 Å². The molecule has 2 N–H and O–H groups in total. The van der Waals surface area contributed by atoms with Crippen LogP contribution in [0.15, 0.2) is 46.0 Å². The number of hydrazone groups is 1. The number of aryl methyl sites for hydroxylation is 2. The van der Waals surface area contributed by atoms with E-state index in [-0.39, 0.29) is 5.69 Å². The van der Waals surface area contributed by atoms with Crippen molar-refractivity contribution in [2.75, 3.05) is 5.32 Å². The van der Waals surface area contributed by atoms with Crippen molar-refractivity contribution in [2.24, 2.45) is 5.10 Å². The van der Waals surface area contributed by atoms with Gasteiger partial charge in [0.25, 0.3) is 5.69 Å². The Kier molecular flexibility index (Phi) is 6.78. The van der Waals surface area contributed by atoms with Gasteiger partial charge in [-0.05, 0) is 59.1 Å². The van der Waals surface area contributed by atoms with E-state index in [1.54, 1.807) is 12.1 Å². The summed E-state index contributed by atoms with van der Waals surface area (Å²) in [6.45, 7) is 3.89. The zero-order valence-electron chi connectivity index (χ0n) is 14.7. The molecule has 9 heteroatoms. The van der Waals surface area contributed by atoms with Crippen LogP contribution in [0.25, 0.3) is 0 Å². The third-order valence-electron chi connectivity index (χ3n) is 3.68. The summed E-state index contributed by atoms with van der Waals surface area (Å²) in [7, 11) is 0. The number of hydrogen-bond donors (Lipinski definition) is 2. The molecule has 0 aromatic heterocycles. The van der Waals surface area contributed by atoms with E-state index in [1.165, 1.54) is 18.3 Å². The molecule has 2 aromatic carbocycles. The molecule has 0 spiro atoms. The molecule has 2 rings (SSSR count). The minimum atomic E-state index is -0.598. The van der Waals surface area contributed by atoms with E-state index in [4.69, 9.17) is 0 Å². The Morgan fingerprint density at radius 3 is 2.56 bits per heavy atom. The largest absolute Gasteiger partial charge is 0.326 e. The lowest BCUT2D eigenvalue weighted by atomic mass is 10.1. The standard InChI is InChI=1S/C18H17BrN4O4/c1-11-3-5-14(7-12(11)2)21-17(24)9-18(25)22-20-10-13-4-6-15(19)16(8-13)23(26)27/h3-8,10H,9H2,1-2H3,(H,21,24)(H,22,25). The average Bonchev–Trinajstić information content (AvgIpc) is 2.59. The molecular weight excluding hydrogens is 416 g/mol.